The van der Waals surface area contributed by atoms with Gasteiger partial charge in [-0.15, -0.1) is 0 Å². The summed E-state index contributed by atoms with van der Waals surface area (Å²) < 4.78 is 7.89. The molecule has 0 N–H and O–H groups in total. The Hall–Kier alpha value is -1.62. The predicted molar refractivity (Wildman–Crippen MR) is 58.4 cm³/mol. The van der Waals surface area contributed by atoms with Gasteiger partial charge in [0, 0.05) is 18.6 Å². The van der Waals surface area contributed by atoms with E-state index in [0.717, 1.165) is 17.1 Å². The van der Waals surface area contributed by atoms with Gasteiger partial charge in [0.05, 0.1) is 6.26 Å². The number of aromatic nitrogens is 3. The van der Waals surface area contributed by atoms with Crippen molar-refractivity contribution in [3.8, 4) is 11.5 Å². The van der Waals surface area contributed by atoms with E-state index >= 15 is 0 Å². The SMILES string of the molecule is Brc1nc(-c2ccco2)cn2ccnc12. The number of hydrogen-bond donors (Lipinski definition) is 0. The molecule has 0 aliphatic carbocycles. The fourth-order valence-electron chi connectivity index (χ4n) is 1.44. The Bertz CT molecular complexity index is 600. The molecule has 0 saturated heterocycles. The Morgan fingerprint density at radius 1 is 1.40 bits per heavy atom. The number of nitrogens with zero attached hydrogens (tertiary/aromatic N) is 3. The molecular weight excluding hydrogens is 258 g/mol. The summed E-state index contributed by atoms with van der Waals surface area (Å²) in [6, 6.07) is 3.71. The van der Waals surface area contributed by atoms with E-state index in [0.29, 0.717) is 4.60 Å². The van der Waals surface area contributed by atoms with Crippen LogP contribution in [0.25, 0.3) is 17.1 Å². The fourth-order valence-corrected chi connectivity index (χ4v) is 1.93. The molecule has 0 saturated carbocycles. The van der Waals surface area contributed by atoms with Crippen LogP contribution >= 0.6 is 15.9 Å². The third-order valence-corrected chi connectivity index (χ3v) is 2.64. The molecule has 15 heavy (non-hydrogen) atoms. The lowest BCUT2D eigenvalue weighted by molar-refractivity contribution is 0.579. The fraction of sp³-hybridized carbons (Fsp3) is 0. The molecule has 0 aliphatic rings. The zero-order valence-corrected chi connectivity index (χ0v) is 9.18. The van der Waals surface area contributed by atoms with Gasteiger partial charge in [-0.3, -0.25) is 0 Å². The summed E-state index contributed by atoms with van der Waals surface area (Å²) in [5, 5.41) is 0. The van der Waals surface area contributed by atoms with Crippen molar-refractivity contribution < 1.29 is 4.42 Å². The van der Waals surface area contributed by atoms with Gasteiger partial charge < -0.3 is 8.82 Å². The molecular formula is C10H6BrN3O. The first-order valence-corrected chi connectivity index (χ1v) is 5.17. The van der Waals surface area contributed by atoms with Crippen LogP contribution in [0.1, 0.15) is 0 Å². The van der Waals surface area contributed by atoms with Crippen molar-refractivity contribution in [2.45, 2.75) is 0 Å². The molecule has 0 bridgehead atoms. The Morgan fingerprint density at radius 3 is 3.13 bits per heavy atom. The highest BCUT2D eigenvalue weighted by atomic mass is 79.9. The van der Waals surface area contributed by atoms with Crippen molar-refractivity contribution in [1.29, 1.82) is 0 Å². The van der Waals surface area contributed by atoms with Crippen molar-refractivity contribution >= 4 is 21.6 Å². The molecule has 0 fully saturated rings. The molecule has 0 aromatic carbocycles. The van der Waals surface area contributed by atoms with Gasteiger partial charge in [0.15, 0.2) is 11.4 Å². The summed E-state index contributed by atoms with van der Waals surface area (Å²) in [6.07, 6.45) is 7.11. The van der Waals surface area contributed by atoms with Gasteiger partial charge in [0.2, 0.25) is 0 Å². The highest BCUT2D eigenvalue weighted by molar-refractivity contribution is 9.10. The molecule has 0 aliphatic heterocycles. The molecule has 4 nitrogen and oxygen atoms in total. The van der Waals surface area contributed by atoms with Crippen molar-refractivity contribution in [2.75, 3.05) is 0 Å². The van der Waals surface area contributed by atoms with Crippen LogP contribution in [0.3, 0.4) is 0 Å². The van der Waals surface area contributed by atoms with Crippen LogP contribution in [-0.2, 0) is 0 Å². The quantitative estimate of drug-likeness (QED) is 0.678. The minimum absolute atomic E-state index is 0.710. The summed E-state index contributed by atoms with van der Waals surface area (Å²) >= 11 is 3.38. The maximum absolute atomic E-state index is 5.28. The highest BCUT2D eigenvalue weighted by Gasteiger charge is 2.07. The molecule has 0 unspecified atom stereocenters. The minimum Gasteiger partial charge on any atom is -0.463 e. The minimum atomic E-state index is 0.710. The summed E-state index contributed by atoms with van der Waals surface area (Å²) in [4.78, 5) is 8.52. The first-order valence-electron chi connectivity index (χ1n) is 4.38. The second kappa shape index (κ2) is 3.20. The smallest absolute Gasteiger partial charge is 0.170 e. The third-order valence-electron chi connectivity index (χ3n) is 2.11. The van der Waals surface area contributed by atoms with Gasteiger partial charge in [-0.2, -0.15) is 0 Å². The van der Waals surface area contributed by atoms with Crippen molar-refractivity contribution in [1.82, 2.24) is 14.4 Å². The lowest BCUT2D eigenvalue weighted by atomic mass is 10.3. The summed E-state index contributed by atoms with van der Waals surface area (Å²) in [7, 11) is 0. The Morgan fingerprint density at radius 2 is 2.33 bits per heavy atom. The first-order chi connectivity index (χ1) is 7.34. The van der Waals surface area contributed by atoms with Gasteiger partial charge >= 0.3 is 0 Å². The Kier molecular flexibility index (Phi) is 1.85. The van der Waals surface area contributed by atoms with Gasteiger partial charge in [0.1, 0.15) is 10.3 Å². The van der Waals surface area contributed by atoms with E-state index in [4.69, 9.17) is 4.42 Å². The van der Waals surface area contributed by atoms with Crippen molar-refractivity contribution in [2.24, 2.45) is 0 Å². The van der Waals surface area contributed by atoms with Crippen molar-refractivity contribution in [3.05, 3.63) is 41.6 Å². The summed E-state index contributed by atoms with van der Waals surface area (Å²) in [5.41, 5.74) is 1.57. The van der Waals surface area contributed by atoms with E-state index in [-0.39, 0.29) is 0 Å². The predicted octanol–water partition coefficient (Wildman–Crippen LogP) is 2.75. The second-order valence-corrected chi connectivity index (χ2v) is 3.80. The van der Waals surface area contributed by atoms with Crippen LogP contribution in [0, 0.1) is 0 Å². The van der Waals surface area contributed by atoms with Crippen LogP contribution in [0.2, 0.25) is 0 Å². The Balaban J connectivity index is 2.29. The van der Waals surface area contributed by atoms with Crippen molar-refractivity contribution in [3.63, 3.8) is 0 Å². The number of furan rings is 1. The molecule has 74 valence electrons. The lowest BCUT2D eigenvalue weighted by Gasteiger charge is -2.00. The average Bonchev–Trinajstić information content (AvgIpc) is 2.88. The van der Waals surface area contributed by atoms with Gasteiger partial charge in [0.25, 0.3) is 0 Å². The highest BCUT2D eigenvalue weighted by Crippen LogP contribution is 2.22. The molecule has 0 spiro atoms. The number of imidazole rings is 1. The zero-order chi connectivity index (χ0) is 10.3. The molecule has 0 radical (unpaired) electrons. The molecule has 0 atom stereocenters. The normalized spacial score (nSPS) is 11.0. The summed E-state index contributed by atoms with van der Waals surface area (Å²) in [5.74, 6) is 0.742. The standard InChI is InChI=1S/C10H6BrN3O/c11-9-10-12-3-4-14(10)6-7(13-9)8-2-1-5-15-8/h1-6H. The maximum atomic E-state index is 5.28. The monoisotopic (exact) mass is 263 g/mol. The maximum Gasteiger partial charge on any atom is 0.170 e. The van der Waals surface area contributed by atoms with Crippen LogP contribution in [0.5, 0.6) is 0 Å². The van der Waals surface area contributed by atoms with Crippen LogP contribution < -0.4 is 0 Å². The molecule has 3 rings (SSSR count). The van der Waals surface area contributed by atoms with Gasteiger partial charge in [-0.25, -0.2) is 9.97 Å². The lowest BCUT2D eigenvalue weighted by Crippen LogP contribution is -1.91. The van der Waals surface area contributed by atoms with E-state index in [1.54, 1.807) is 12.5 Å². The molecule has 3 aromatic heterocycles. The van der Waals surface area contributed by atoms with E-state index in [1.165, 1.54) is 0 Å². The molecule has 0 amide bonds. The summed E-state index contributed by atoms with van der Waals surface area (Å²) in [6.45, 7) is 0. The van der Waals surface area contributed by atoms with E-state index < -0.39 is 0 Å². The molecule has 3 aromatic rings. The number of fused-ring (bicyclic) bond motifs is 1. The first kappa shape index (κ1) is 8.67. The third kappa shape index (κ3) is 1.35. The van der Waals surface area contributed by atoms with Crippen LogP contribution in [0.4, 0.5) is 0 Å². The topological polar surface area (TPSA) is 43.3 Å². The Labute approximate surface area is 93.7 Å². The van der Waals surface area contributed by atoms with E-state index in [2.05, 4.69) is 25.9 Å². The number of hydrogen-bond acceptors (Lipinski definition) is 3. The average molecular weight is 264 g/mol. The van der Waals surface area contributed by atoms with E-state index in [1.807, 2.05) is 28.9 Å². The van der Waals surface area contributed by atoms with Crippen LogP contribution in [-0.4, -0.2) is 14.4 Å². The van der Waals surface area contributed by atoms with Crippen LogP contribution in [0.15, 0.2) is 46.0 Å². The number of halogens is 1. The second-order valence-electron chi connectivity index (χ2n) is 3.05. The van der Waals surface area contributed by atoms with Gasteiger partial charge in [-0.1, -0.05) is 0 Å². The van der Waals surface area contributed by atoms with Gasteiger partial charge in [-0.05, 0) is 28.1 Å². The number of rotatable bonds is 1. The molecule has 3 heterocycles. The zero-order valence-electron chi connectivity index (χ0n) is 7.59. The largest absolute Gasteiger partial charge is 0.463 e. The molecule has 5 heteroatoms. The van der Waals surface area contributed by atoms with E-state index in [9.17, 15) is 0 Å².